The van der Waals surface area contributed by atoms with Gasteiger partial charge in [0.05, 0.1) is 28.8 Å². The summed E-state index contributed by atoms with van der Waals surface area (Å²) >= 11 is 3.44. The first-order valence-electron chi connectivity index (χ1n) is 7.25. The third-order valence-corrected chi connectivity index (χ3v) is 4.41. The zero-order valence-electron chi connectivity index (χ0n) is 13.1. The van der Waals surface area contributed by atoms with Crippen LogP contribution in [0.3, 0.4) is 0 Å². The Hall–Kier alpha value is -2.26. The van der Waals surface area contributed by atoms with E-state index in [1.54, 1.807) is 0 Å². The third kappa shape index (κ3) is 2.62. The third-order valence-electron chi connectivity index (χ3n) is 3.88. The second kappa shape index (κ2) is 5.43. The fourth-order valence-electron chi connectivity index (χ4n) is 2.80. The van der Waals surface area contributed by atoms with Gasteiger partial charge in [-0.05, 0) is 17.7 Å². The lowest BCUT2D eigenvalue weighted by molar-refractivity contribution is 0.404. The minimum atomic E-state index is -0.287. The predicted molar refractivity (Wildman–Crippen MR) is 91.6 cm³/mol. The summed E-state index contributed by atoms with van der Waals surface area (Å²) in [5.41, 5.74) is 8.98. The molecular formula is C17H17BrN4O. The monoisotopic (exact) mass is 372 g/mol. The lowest BCUT2D eigenvalue weighted by Crippen LogP contribution is -2.25. The summed E-state index contributed by atoms with van der Waals surface area (Å²) in [6.45, 7) is 6.20. The summed E-state index contributed by atoms with van der Waals surface area (Å²) in [4.78, 5) is 0. The number of hydrogen-bond acceptors (Lipinski definition) is 5. The van der Waals surface area contributed by atoms with Crippen LogP contribution in [-0.2, 0) is 5.41 Å². The van der Waals surface area contributed by atoms with Crippen LogP contribution < -0.4 is 11.1 Å². The number of nitriles is 1. The summed E-state index contributed by atoms with van der Waals surface area (Å²) in [6.07, 6.45) is 0. The molecular weight excluding hydrogens is 356 g/mol. The van der Waals surface area contributed by atoms with Crippen molar-refractivity contribution in [1.29, 1.82) is 5.26 Å². The van der Waals surface area contributed by atoms with E-state index >= 15 is 0 Å². The van der Waals surface area contributed by atoms with E-state index in [-0.39, 0.29) is 11.3 Å². The van der Waals surface area contributed by atoms with Gasteiger partial charge in [-0.15, -0.1) is 0 Å². The Morgan fingerprint density at radius 3 is 2.52 bits per heavy atom. The Balaban J connectivity index is 2.26. The van der Waals surface area contributed by atoms with Crippen molar-refractivity contribution in [2.45, 2.75) is 32.1 Å². The smallest absolute Gasteiger partial charge is 0.234 e. The van der Waals surface area contributed by atoms with E-state index in [9.17, 15) is 5.26 Å². The summed E-state index contributed by atoms with van der Waals surface area (Å²) in [6, 6.07) is 10.1. The van der Waals surface area contributed by atoms with E-state index in [1.165, 1.54) is 0 Å². The Morgan fingerprint density at radius 1 is 1.30 bits per heavy atom. The Morgan fingerprint density at radius 2 is 1.96 bits per heavy atom. The van der Waals surface area contributed by atoms with Gasteiger partial charge in [0.1, 0.15) is 5.82 Å². The Kier molecular flexibility index (Phi) is 3.69. The first kappa shape index (κ1) is 15.6. The fraction of sp³-hybridized carbons (Fsp3) is 0.294. The van der Waals surface area contributed by atoms with Crippen LogP contribution in [0.2, 0.25) is 0 Å². The molecule has 0 bridgehead atoms. The maximum Gasteiger partial charge on any atom is 0.234 e. The first-order valence-corrected chi connectivity index (χ1v) is 8.04. The second-order valence-electron chi connectivity index (χ2n) is 6.57. The maximum absolute atomic E-state index is 9.62. The van der Waals surface area contributed by atoms with Gasteiger partial charge in [0.15, 0.2) is 0 Å². The van der Waals surface area contributed by atoms with Crippen molar-refractivity contribution in [2.75, 3.05) is 5.32 Å². The fourth-order valence-corrected chi connectivity index (χ4v) is 3.06. The number of aromatic nitrogens is 1. The number of allylic oxidation sites excluding steroid dienone is 1. The maximum atomic E-state index is 9.62. The van der Waals surface area contributed by atoms with Crippen LogP contribution in [0.5, 0.6) is 0 Å². The predicted octanol–water partition coefficient (Wildman–Crippen LogP) is 3.99. The molecule has 2 heterocycles. The van der Waals surface area contributed by atoms with E-state index in [2.05, 4.69) is 53.2 Å². The summed E-state index contributed by atoms with van der Waals surface area (Å²) in [7, 11) is 0. The molecule has 1 aliphatic heterocycles. The molecule has 118 valence electrons. The van der Waals surface area contributed by atoms with Crippen molar-refractivity contribution in [3.8, 4) is 6.07 Å². The van der Waals surface area contributed by atoms with Crippen LogP contribution in [0.4, 0.5) is 5.88 Å². The summed E-state index contributed by atoms with van der Waals surface area (Å²) < 4.78 is 6.44. The number of nitrogens with one attached hydrogen (secondary N) is 1. The van der Waals surface area contributed by atoms with Gasteiger partial charge in [0, 0.05) is 9.89 Å². The molecule has 3 rings (SSSR count). The quantitative estimate of drug-likeness (QED) is 0.789. The SMILES string of the molecule is CC(C)(C)c1noc2c1[C@H](c1ccc(Br)cc1)C(C#N)=C(N)N2. The minimum Gasteiger partial charge on any atom is -0.384 e. The normalized spacial score (nSPS) is 17.4. The van der Waals surface area contributed by atoms with Crippen LogP contribution in [0.25, 0.3) is 0 Å². The molecule has 3 N–H and O–H groups in total. The molecule has 23 heavy (non-hydrogen) atoms. The van der Waals surface area contributed by atoms with Gasteiger partial charge in [-0.3, -0.25) is 0 Å². The van der Waals surface area contributed by atoms with Gasteiger partial charge in [0.25, 0.3) is 0 Å². The lowest BCUT2D eigenvalue weighted by Gasteiger charge is -2.27. The van der Waals surface area contributed by atoms with Crippen molar-refractivity contribution in [3.63, 3.8) is 0 Å². The topological polar surface area (TPSA) is 87.9 Å². The van der Waals surface area contributed by atoms with Gasteiger partial charge in [-0.1, -0.05) is 54.0 Å². The van der Waals surface area contributed by atoms with Crippen LogP contribution in [-0.4, -0.2) is 5.16 Å². The minimum absolute atomic E-state index is 0.209. The molecule has 0 fully saturated rings. The molecule has 6 heteroatoms. The van der Waals surface area contributed by atoms with E-state index in [0.29, 0.717) is 17.3 Å². The Labute approximate surface area is 143 Å². The molecule has 0 spiro atoms. The highest BCUT2D eigenvalue weighted by atomic mass is 79.9. The first-order chi connectivity index (χ1) is 10.8. The second-order valence-corrected chi connectivity index (χ2v) is 7.49. The van der Waals surface area contributed by atoms with Crippen molar-refractivity contribution in [1.82, 2.24) is 5.16 Å². The highest BCUT2D eigenvalue weighted by molar-refractivity contribution is 9.10. The summed E-state index contributed by atoms with van der Waals surface area (Å²) in [5, 5.41) is 16.8. The molecule has 1 aliphatic rings. The largest absolute Gasteiger partial charge is 0.384 e. The molecule has 1 aromatic carbocycles. The highest BCUT2D eigenvalue weighted by Crippen LogP contribution is 2.45. The molecule has 0 amide bonds. The molecule has 0 saturated heterocycles. The van der Waals surface area contributed by atoms with Crippen molar-refractivity contribution in [3.05, 3.63) is 57.0 Å². The number of benzene rings is 1. The molecule has 0 aliphatic carbocycles. The van der Waals surface area contributed by atoms with E-state index in [0.717, 1.165) is 21.3 Å². The molecule has 1 aromatic heterocycles. The van der Waals surface area contributed by atoms with Crippen molar-refractivity contribution < 1.29 is 4.52 Å². The van der Waals surface area contributed by atoms with Crippen LogP contribution >= 0.6 is 15.9 Å². The average molecular weight is 373 g/mol. The molecule has 0 saturated carbocycles. The number of rotatable bonds is 1. The Bertz CT molecular complexity index is 822. The van der Waals surface area contributed by atoms with Gasteiger partial charge < -0.3 is 15.6 Å². The van der Waals surface area contributed by atoms with Crippen LogP contribution in [0.15, 0.2) is 44.7 Å². The zero-order valence-corrected chi connectivity index (χ0v) is 14.7. The van der Waals surface area contributed by atoms with Gasteiger partial charge in [-0.2, -0.15) is 5.26 Å². The highest BCUT2D eigenvalue weighted by Gasteiger charge is 2.38. The van der Waals surface area contributed by atoms with Crippen molar-refractivity contribution >= 4 is 21.8 Å². The van der Waals surface area contributed by atoms with Crippen LogP contribution in [0.1, 0.15) is 43.5 Å². The van der Waals surface area contributed by atoms with Crippen LogP contribution in [0, 0.1) is 11.3 Å². The molecule has 5 nitrogen and oxygen atoms in total. The molecule has 0 radical (unpaired) electrons. The van der Waals surface area contributed by atoms with Gasteiger partial charge in [-0.25, -0.2) is 0 Å². The number of anilines is 1. The number of fused-ring (bicyclic) bond motifs is 1. The molecule has 2 aromatic rings. The van der Waals surface area contributed by atoms with E-state index in [4.69, 9.17) is 10.3 Å². The number of hydrogen-bond donors (Lipinski definition) is 2. The molecule has 0 unspecified atom stereocenters. The van der Waals surface area contributed by atoms with Gasteiger partial charge >= 0.3 is 0 Å². The standard InChI is InChI=1S/C17H17BrN4O/c1-17(2,3)14-13-12(9-4-6-10(18)7-5-9)11(8-19)15(20)21-16(13)23-22-14/h4-7,12,21H,20H2,1-3H3/t12-/m1/s1. The number of halogens is 1. The van der Waals surface area contributed by atoms with E-state index in [1.807, 2.05) is 24.3 Å². The van der Waals surface area contributed by atoms with Crippen molar-refractivity contribution in [2.24, 2.45) is 5.73 Å². The molecule has 1 atom stereocenters. The zero-order chi connectivity index (χ0) is 16.8. The van der Waals surface area contributed by atoms with E-state index < -0.39 is 0 Å². The average Bonchev–Trinajstić information content (AvgIpc) is 2.90. The number of nitrogens with two attached hydrogens (primary N) is 1. The lowest BCUT2D eigenvalue weighted by atomic mass is 9.78. The number of nitrogens with zero attached hydrogens (tertiary/aromatic N) is 2. The van der Waals surface area contributed by atoms with Gasteiger partial charge in [0.2, 0.25) is 5.88 Å². The summed E-state index contributed by atoms with van der Waals surface area (Å²) in [5.74, 6) is 0.536.